The van der Waals surface area contributed by atoms with Crippen LogP contribution < -0.4 is 0 Å². The summed E-state index contributed by atoms with van der Waals surface area (Å²) in [6, 6.07) is 12.3. The average Bonchev–Trinajstić information content (AvgIpc) is 2.77. The van der Waals surface area contributed by atoms with E-state index in [2.05, 4.69) is 51.5 Å². The molecule has 0 aliphatic heterocycles. The summed E-state index contributed by atoms with van der Waals surface area (Å²) in [5, 5.41) is 0. The largest absolute Gasteiger partial charge is 0.302 e. The molecular formula is C15H12BrClN2. The Morgan fingerprint density at radius 3 is 2.63 bits per heavy atom. The van der Waals surface area contributed by atoms with E-state index in [9.17, 15) is 0 Å². The second-order valence-electron chi connectivity index (χ2n) is 4.48. The average molecular weight is 336 g/mol. The lowest BCUT2D eigenvalue weighted by atomic mass is 10.1. The first-order valence-electron chi connectivity index (χ1n) is 5.98. The summed E-state index contributed by atoms with van der Waals surface area (Å²) in [4.78, 5) is 4.71. The van der Waals surface area contributed by atoms with E-state index in [1.54, 1.807) is 0 Å². The number of halogens is 2. The van der Waals surface area contributed by atoms with Gasteiger partial charge in [-0.1, -0.05) is 28.1 Å². The second-order valence-corrected chi connectivity index (χ2v) is 5.66. The molecule has 0 spiro atoms. The molecule has 19 heavy (non-hydrogen) atoms. The monoisotopic (exact) mass is 334 g/mol. The normalized spacial score (nSPS) is 11.1. The fourth-order valence-electron chi connectivity index (χ4n) is 2.16. The Balaban J connectivity index is 2.25. The molecule has 2 heterocycles. The van der Waals surface area contributed by atoms with Gasteiger partial charge in [-0.25, -0.2) is 4.98 Å². The number of benzene rings is 1. The molecule has 0 fully saturated rings. The molecule has 3 rings (SSSR count). The predicted molar refractivity (Wildman–Crippen MR) is 82.6 cm³/mol. The first-order valence-corrected chi connectivity index (χ1v) is 7.31. The Bertz CT molecular complexity index is 732. The number of pyridine rings is 1. The Hall–Kier alpha value is -1.32. The fourth-order valence-corrected chi connectivity index (χ4v) is 2.68. The Labute approximate surface area is 125 Å². The first-order chi connectivity index (χ1) is 9.19. The quantitative estimate of drug-likeness (QED) is 0.614. The minimum atomic E-state index is 0.440. The van der Waals surface area contributed by atoms with Crippen molar-refractivity contribution in [2.24, 2.45) is 0 Å². The molecule has 0 aliphatic rings. The third-order valence-corrected chi connectivity index (χ3v) is 3.91. The molecule has 0 N–H and O–H groups in total. The number of imidazole rings is 1. The molecule has 0 unspecified atom stereocenters. The highest BCUT2D eigenvalue weighted by Crippen LogP contribution is 2.27. The smallest absolute Gasteiger partial charge is 0.137 e. The van der Waals surface area contributed by atoms with Crippen LogP contribution in [0.3, 0.4) is 0 Å². The lowest BCUT2D eigenvalue weighted by molar-refractivity contribution is 1.08. The van der Waals surface area contributed by atoms with Gasteiger partial charge in [0.1, 0.15) is 5.65 Å². The maximum Gasteiger partial charge on any atom is 0.137 e. The molecule has 0 atom stereocenters. The number of aromatic nitrogens is 2. The molecule has 0 saturated heterocycles. The highest BCUT2D eigenvalue weighted by molar-refractivity contribution is 9.10. The fraction of sp³-hybridized carbons (Fsp3) is 0.133. The van der Waals surface area contributed by atoms with Crippen molar-refractivity contribution in [2.75, 3.05) is 0 Å². The number of rotatable bonds is 2. The zero-order chi connectivity index (χ0) is 13.4. The molecule has 2 nitrogen and oxygen atoms in total. The van der Waals surface area contributed by atoms with Gasteiger partial charge in [0.25, 0.3) is 0 Å². The Morgan fingerprint density at radius 2 is 1.95 bits per heavy atom. The second kappa shape index (κ2) is 4.99. The van der Waals surface area contributed by atoms with Gasteiger partial charge in [0, 0.05) is 16.2 Å². The molecule has 0 saturated carbocycles. The van der Waals surface area contributed by atoms with Crippen LogP contribution in [0.1, 0.15) is 11.3 Å². The third-order valence-electron chi connectivity index (χ3n) is 3.12. The van der Waals surface area contributed by atoms with E-state index in [0.29, 0.717) is 5.88 Å². The van der Waals surface area contributed by atoms with Crippen LogP contribution in [-0.2, 0) is 5.88 Å². The van der Waals surface area contributed by atoms with Gasteiger partial charge in [0.2, 0.25) is 0 Å². The standard InChI is InChI=1S/C15H12BrClN2/c1-10-6-7-19-13(9-17)15(18-14(19)8-10)11-2-4-12(16)5-3-11/h2-8H,9H2,1H3. The molecule has 2 aromatic heterocycles. The number of fused-ring (bicyclic) bond motifs is 1. The summed E-state index contributed by atoms with van der Waals surface area (Å²) in [5.41, 5.74) is 5.20. The zero-order valence-corrected chi connectivity index (χ0v) is 12.7. The molecule has 4 heteroatoms. The summed E-state index contributed by atoms with van der Waals surface area (Å²) in [5.74, 6) is 0.440. The van der Waals surface area contributed by atoms with Crippen molar-refractivity contribution >= 4 is 33.2 Å². The van der Waals surface area contributed by atoms with Gasteiger partial charge in [-0.15, -0.1) is 11.6 Å². The molecule has 0 amide bonds. The minimum absolute atomic E-state index is 0.440. The lowest BCUT2D eigenvalue weighted by Crippen LogP contribution is -1.91. The Kier molecular flexibility index (Phi) is 3.33. The molecule has 1 aromatic carbocycles. The van der Waals surface area contributed by atoms with Crippen molar-refractivity contribution < 1.29 is 0 Å². The van der Waals surface area contributed by atoms with Crippen LogP contribution in [0.5, 0.6) is 0 Å². The van der Waals surface area contributed by atoms with E-state index >= 15 is 0 Å². The summed E-state index contributed by atoms with van der Waals surface area (Å²) < 4.78 is 3.11. The van der Waals surface area contributed by atoms with Crippen LogP contribution in [0.25, 0.3) is 16.9 Å². The van der Waals surface area contributed by atoms with Gasteiger partial charge in [-0.05, 0) is 36.8 Å². The highest BCUT2D eigenvalue weighted by Gasteiger charge is 2.12. The predicted octanol–water partition coefficient (Wildman–Crippen LogP) is 4.81. The van der Waals surface area contributed by atoms with Crippen LogP contribution in [0.15, 0.2) is 47.1 Å². The summed E-state index contributed by atoms with van der Waals surface area (Å²) in [7, 11) is 0. The van der Waals surface area contributed by atoms with Crippen molar-refractivity contribution in [1.29, 1.82) is 0 Å². The number of aryl methyl sites for hydroxylation is 1. The lowest BCUT2D eigenvalue weighted by Gasteiger charge is -2.02. The van der Waals surface area contributed by atoms with Crippen LogP contribution in [0, 0.1) is 6.92 Å². The minimum Gasteiger partial charge on any atom is -0.302 e. The Morgan fingerprint density at radius 1 is 1.21 bits per heavy atom. The molecule has 96 valence electrons. The van der Waals surface area contributed by atoms with E-state index in [-0.39, 0.29) is 0 Å². The topological polar surface area (TPSA) is 17.3 Å². The van der Waals surface area contributed by atoms with Gasteiger partial charge in [0.15, 0.2) is 0 Å². The molecular weight excluding hydrogens is 324 g/mol. The SMILES string of the molecule is Cc1ccn2c(CCl)c(-c3ccc(Br)cc3)nc2c1. The van der Waals surface area contributed by atoms with Crippen LogP contribution in [0.2, 0.25) is 0 Å². The van der Waals surface area contributed by atoms with Crippen molar-refractivity contribution in [1.82, 2.24) is 9.38 Å². The summed E-state index contributed by atoms with van der Waals surface area (Å²) in [6.07, 6.45) is 2.03. The summed E-state index contributed by atoms with van der Waals surface area (Å²) >= 11 is 9.55. The highest BCUT2D eigenvalue weighted by atomic mass is 79.9. The van der Waals surface area contributed by atoms with E-state index in [1.165, 1.54) is 5.56 Å². The maximum absolute atomic E-state index is 6.10. The van der Waals surface area contributed by atoms with Crippen LogP contribution in [-0.4, -0.2) is 9.38 Å². The first kappa shape index (κ1) is 12.7. The van der Waals surface area contributed by atoms with Gasteiger partial charge >= 0.3 is 0 Å². The van der Waals surface area contributed by atoms with Crippen molar-refractivity contribution in [3.63, 3.8) is 0 Å². The van der Waals surface area contributed by atoms with Crippen molar-refractivity contribution in [3.8, 4) is 11.3 Å². The number of hydrogen-bond donors (Lipinski definition) is 0. The maximum atomic E-state index is 6.10. The van der Waals surface area contributed by atoms with E-state index < -0.39 is 0 Å². The summed E-state index contributed by atoms with van der Waals surface area (Å²) in [6.45, 7) is 2.06. The zero-order valence-electron chi connectivity index (χ0n) is 10.4. The van der Waals surface area contributed by atoms with Crippen LogP contribution in [0.4, 0.5) is 0 Å². The van der Waals surface area contributed by atoms with Gasteiger partial charge in [-0.2, -0.15) is 0 Å². The van der Waals surface area contributed by atoms with E-state index in [0.717, 1.165) is 27.1 Å². The van der Waals surface area contributed by atoms with Gasteiger partial charge in [0.05, 0.1) is 17.3 Å². The number of nitrogens with zero attached hydrogens (tertiary/aromatic N) is 2. The molecule has 0 aliphatic carbocycles. The number of hydrogen-bond acceptors (Lipinski definition) is 1. The van der Waals surface area contributed by atoms with E-state index in [4.69, 9.17) is 16.6 Å². The third kappa shape index (κ3) is 2.28. The van der Waals surface area contributed by atoms with E-state index in [1.807, 2.05) is 18.3 Å². The number of alkyl halides is 1. The van der Waals surface area contributed by atoms with Crippen LogP contribution >= 0.6 is 27.5 Å². The van der Waals surface area contributed by atoms with Gasteiger partial charge < -0.3 is 4.40 Å². The molecule has 0 bridgehead atoms. The van der Waals surface area contributed by atoms with Gasteiger partial charge in [-0.3, -0.25) is 0 Å². The molecule has 0 radical (unpaired) electrons. The van der Waals surface area contributed by atoms with Crippen molar-refractivity contribution in [3.05, 3.63) is 58.3 Å². The molecule has 3 aromatic rings. The van der Waals surface area contributed by atoms with Crippen molar-refractivity contribution in [2.45, 2.75) is 12.8 Å².